The number of guanidine groups is 1. The SMILES string of the molecule is CN=C(NCCCOc1ccccc1)NCC(=O)N1CCc2ccccc2C1. The van der Waals surface area contributed by atoms with Crippen molar-refractivity contribution in [2.24, 2.45) is 4.99 Å². The van der Waals surface area contributed by atoms with Crippen LogP contribution in [0, 0.1) is 0 Å². The lowest BCUT2D eigenvalue weighted by Gasteiger charge is -2.29. The van der Waals surface area contributed by atoms with Crippen LogP contribution < -0.4 is 15.4 Å². The maximum Gasteiger partial charge on any atom is 0.242 e. The van der Waals surface area contributed by atoms with Gasteiger partial charge in [0.05, 0.1) is 13.2 Å². The predicted molar refractivity (Wildman–Crippen MR) is 111 cm³/mol. The van der Waals surface area contributed by atoms with Crippen LogP contribution in [0.3, 0.4) is 0 Å². The minimum atomic E-state index is 0.0878. The Morgan fingerprint density at radius 3 is 2.61 bits per heavy atom. The summed E-state index contributed by atoms with van der Waals surface area (Å²) in [5, 5.41) is 6.32. The molecule has 1 amide bonds. The number of benzene rings is 2. The molecule has 148 valence electrons. The van der Waals surface area contributed by atoms with Gasteiger partial charge in [0, 0.05) is 26.7 Å². The molecule has 1 heterocycles. The number of carbonyl (C=O) groups excluding carboxylic acids is 1. The third kappa shape index (κ3) is 5.74. The smallest absolute Gasteiger partial charge is 0.242 e. The van der Waals surface area contributed by atoms with Crippen LogP contribution in [-0.2, 0) is 17.8 Å². The van der Waals surface area contributed by atoms with E-state index in [0.717, 1.165) is 31.7 Å². The van der Waals surface area contributed by atoms with Gasteiger partial charge in [-0.2, -0.15) is 0 Å². The zero-order valence-corrected chi connectivity index (χ0v) is 16.4. The van der Waals surface area contributed by atoms with Crippen LogP contribution >= 0.6 is 0 Å². The number of aliphatic imine (C=N–C) groups is 1. The number of hydrogen-bond acceptors (Lipinski definition) is 3. The Hall–Kier alpha value is -3.02. The Kier molecular flexibility index (Phi) is 7.29. The maximum atomic E-state index is 12.5. The number of carbonyl (C=O) groups is 1. The molecule has 28 heavy (non-hydrogen) atoms. The molecule has 0 saturated heterocycles. The van der Waals surface area contributed by atoms with Crippen molar-refractivity contribution >= 4 is 11.9 Å². The lowest BCUT2D eigenvalue weighted by Crippen LogP contribution is -2.46. The molecule has 0 aromatic heterocycles. The zero-order chi connectivity index (χ0) is 19.6. The molecule has 6 heteroatoms. The molecule has 0 bridgehead atoms. The second-order valence-corrected chi connectivity index (χ2v) is 6.70. The Bertz CT molecular complexity index is 792. The van der Waals surface area contributed by atoms with E-state index in [-0.39, 0.29) is 12.5 Å². The standard InChI is InChI=1S/C22H28N4O2/c1-23-22(24-13-7-15-28-20-10-3-2-4-11-20)25-16-21(27)26-14-12-18-8-5-6-9-19(18)17-26/h2-6,8-11H,7,12-17H2,1H3,(H2,23,24,25). The van der Waals surface area contributed by atoms with Crippen LogP contribution in [0.5, 0.6) is 5.75 Å². The molecular weight excluding hydrogens is 352 g/mol. The van der Waals surface area contributed by atoms with E-state index in [1.165, 1.54) is 11.1 Å². The van der Waals surface area contributed by atoms with E-state index < -0.39 is 0 Å². The second-order valence-electron chi connectivity index (χ2n) is 6.70. The number of nitrogens with zero attached hydrogens (tertiary/aromatic N) is 2. The number of ether oxygens (including phenoxy) is 1. The van der Waals surface area contributed by atoms with Gasteiger partial charge in [0.1, 0.15) is 5.75 Å². The van der Waals surface area contributed by atoms with E-state index in [4.69, 9.17) is 4.74 Å². The Morgan fingerprint density at radius 2 is 1.82 bits per heavy atom. The fourth-order valence-electron chi connectivity index (χ4n) is 3.19. The van der Waals surface area contributed by atoms with Crippen LogP contribution in [0.1, 0.15) is 17.5 Å². The van der Waals surface area contributed by atoms with E-state index in [1.54, 1.807) is 7.05 Å². The second kappa shape index (κ2) is 10.3. The summed E-state index contributed by atoms with van der Waals surface area (Å²) >= 11 is 0. The highest BCUT2D eigenvalue weighted by atomic mass is 16.5. The Balaban J connectivity index is 1.34. The highest BCUT2D eigenvalue weighted by Crippen LogP contribution is 2.18. The molecule has 2 N–H and O–H groups in total. The van der Waals surface area contributed by atoms with Crippen molar-refractivity contribution in [3.05, 3.63) is 65.7 Å². The molecule has 0 atom stereocenters. The third-order valence-corrected chi connectivity index (χ3v) is 4.74. The fourth-order valence-corrected chi connectivity index (χ4v) is 3.19. The van der Waals surface area contributed by atoms with Crippen molar-refractivity contribution in [1.29, 1.82) is 0 Å². The lowest BCUT2D eigenvalue weighted by molar-refractivity contribution is -0.130. The van der Waals surface area contributed by atoms with Crippen LogP contribution in [0.4, 0.5) is 0 Å². The van der Waals surface area contributed by atoms with Crippen molar-refractivity contribution in [2.75, 3.05) is 33.3 Å². The normalized spacial score (nSPS) is 13.6. The summed E-state index contributed by atoms with van der Waals surface area (Å²) in [5.41, 5.74) is 2.58. The topological polar surface area (TPSA) is 66.0 Å². The van der Waals surface area contributed by atoms with Gasteiger partial charge in [-0.25, -0.2) is 0 Å². The molecule has 0 fully saturated rings. The van der Waals surface area contributed by atoms with E-state index in [0.29, 0.717) is 19.1 Å². The summed E-state index contributed by atoms with van der Waals surface area (Å²) in [5.74, 6) is 1.59. The minimum absolute atomic E-state index is 0.0878. The van der Waals surface area contributed by atoms with Gasteiger partial charge in [0.25, 0.3) is 0 Å². The summed E-state index contributed by atoms with van der Waals surface area (Å²) in [7, 11) is 1.71. The van der Waals surface area contributed by atoms with E-state index in [9.17, 15) is 4.79 Å². The molecule has 0 radical (unpaired) electrons. The Morgan fingerprint density at radius 1 is 1.07 bits per heavy atom. The van der Waals surface area contributed by atoms with Gasteiger partial charge >= 0.3 is 0 Å². The van der Waals surface area contributed by atoms with Gasteiger partial charge in [0.2, 0.25) is 5.91 Å². The molecule has 1 aliphatic rings. The van der Waals surface area contributed by atoms with Crippen molar-refractivity contribution in [1.82, 2.24) is 15.5 Å². The van der Waals surface area contributed by atoms with Crippen molar-refractivity contribution in [2.45, 2.75) is 19.4 Å². The van der Waals surface area contributed by atoms with Crippen molar-refractivity contribution in [3.63, 3.8) is 0 Å². The van der Waals surface area contributed by atoms with Crippen LogP contribution in [-0.4, -0.2) is 50.1 Å². The highest BCUT2D eigenvalue weighted by molar-refractivity contribution is 5.86. The summed E-state index contributed by atoms with van der Waals surface area (Å²) in [6, 6.07) is 18.1. The molecule has 0 saturated carbocycles. The maximum absolute atomic E-state index is 12.5. The molecule has 2 aromatic rings. The largest absolute Gasteiger partial charge is 0.494 e. The number of amides is 1. The highest BCUT2D eigenvalue weighted by Gasteiger charge is 2.20. The van der Waals surface area contributed by atoms with Crippen LogP contribution in [0.25, 0.3) is 0 Å². The van der Waals surface area contributed by atoms with Gasteiger partial charge in [-0.3, -0.25) is 9.79 Å². The lowest BCUT2D eigenvalue weighted by atomic mass is 10.00. The monoisotopic (exact) mass is 380 g/mol. The number of rotatable bonds is 7. The molecule has 2 aromatic carbocycles. The molecule has 3 rings (SSSR count). The zero-order valence-electron chi connectivity index (χ0n) is 16.4. The van der Waals surface area contributed by atoms with E-state index in [1.807, 2.05) is 41.3 Å². The fraction of sp³-hybridized carbons (Fsp3) is 0.364. The molecule has 0 unspecified atom stereocenters. The quantitative estimate of drug-likeness (QED) is 0.439. The van der Waals surface area contributed by atoms with Gasteiger partial charge in [0.15, 0.2) is 5.96 Å². The molecule has 0 aliphatic carbocycles. The van der Waals surface area contributed by atoms with Crippen molar-refractivity contribution in [3.8, 4) is 5.75 Å². The number of hydrogen-bond donors (Lipinski definition) is 2. The first-order chi connectivity index (χ1) is 13.8. The summed E-state index contributed by atoms with van der Waals surface area (Å²) in [6.45, 7) is 3.03. The summed E-state index contributed by atoms with van der Waals surface area (Å²) < 4.78 is 5.67. The molecular formula is C22H28N4O2. The average Bonchev–Trinajstić information content (AvgIpc) is 2.75. The summed E-state index contributed by atoms with van der Waals surface area (Å²) in [4.78, 5) is 18.6. The van der Waals surface area contributed by atoms with Gasteiger partial charge in [-0.05, 0) is 36.1 Å². The van der Waals surface area contributed by atoms with Gasteiger partial charge in [-0.1, -0.05) is 42.5 Å². The average molecular weight is 380 g/mol. The third-order valence-electron chi connectivity index (χ3n) is 4.74. The molecule has 0 spiro atoms. The predicted octanol–water partition coefficient (Wildman–Crippen LogP) is 2.21. The minimum Gasteiger partial charge on any atom is -0.494 e. The first-order valence-electron chi connectivity index (χ1n) is 9.73. The van der Waals surface area contributed by atoms with Crippen molar-refractivity contribution < 1.29 is 9.53 Å². The molecule has 6 nitrogen and oxygen atoms in total. The van der Waals surface area contributed by atoms with Crippen LogP contribution in [0.15, 0.2) is 59.6 Å². The number of para-hydroxylation sites is 1. The Labute approximate surface area is 166 Å². The summed E-state index contributed by atoms with van der Waals surface area (Å²) in [6.07, 6.45) is 1.75. The first kappa shape index (κ1) is 19.7. The first-order valence-corrected chi connectivity index (χ1v) is 9.73. The van der Waals surface area contributed by atoms with Gasteiger partial charge < -0.3 is 20.3 Å². The number of fused-ring (bicyclic) bond motifs is 1. The van der Waals surface area contributed by atoms with Crippen LogP contribution in [0.2, 0.25) is 0 Å². The van der Waals surface area contributed by atoms with E-state index >= 15 is 0 Å². The van der Waals surface area contributed by atoms with E-state index in [2.05, 4.69) is 33.8 Å². The van der Waals surface area contributed by atoms with Gasteiger partial charge in [-0.15, -0.1) is 0 Å². The number of nitrogens with one attached hydrogen (secondary N) is 2. The molecule has 1 aliphatic heterocycles.